The Morgan fingerprint density at radius 3 is 1.00 bits per heavy atom. The van der Waals surface area contributed by atoms with E-state index in [0.29, 0.717) is 0 Å². The Morgan fingerprint density at radius 2 is 0.714 bits per heavy atom. The van der Waals surface area contributed by atoms with Crippen LogP contribution < -0.4 is 0 Å². The lowest BCUT2D eigenvalue weighted by atomic mass is 9.74. The van der Waals surface area contributed by atoms with Crippen molar-refractivity contribution in [2.45, 2.75) is 38.5 Å². The van der Waals surface area contributed by atoms with Crippen molar-refractivity contribution in [1.82, 2.24) is 0 Å². The van der Waals surface area contributed by atoms with E-state index in [4.69, 9.17) is 0 Å². The molecule has 4 heteroatoms. The molecule has 3 aromatic carbocycles. The monoisotopic (exact) mass is 378 g/mol. The molecule has 0 saturated carbocycles. The Labute approximate surface area is 165 Å². The maximum atomic E-state index is 9.84. The third-order valence-electron chi connectivity index (χ3n) is 5.72. The van der Waals surface area contributed by atoms with Crippen LogP contribution in [-0.2, 0) is 10.8 Å². The first-order valence-electron chi connectivity index (χ1n) is 9.19. The van der Waals surface area contributed by atoms with Gasteiger partial charge in [-0.25, -0.2) is 0 Å². The van der Waals surface area contributed by atoms with Crippen molar-refractivity contribution < 1.29 is 20.4 Å². The first-order valence-corrected chi connectivity index (χ1v) is 9.19. The number of phenolic OH excluding ortho intramolecular Hbond substituents is 4. The van der Waals surface area contributed by atoms with Crippen molar-refractivity contribution >= 4 is 0 Å². The molecule has 0 amide bonds. The number of rotatable bonds is 4. The third-order valence-corrected chi connectivity index (χ3v) is 5.72. The van der Waals surface area contributed by atoms with E-state index >= 15 is 0 Å². The molecule has 0 atom stereocenters. The highest BCUT2D eigenvalue weighted by Crippen LogP contribution is 2.39. The average Bonchev–Trinajstić information content (AvgIpc) is 2.66. The quantitative estimate of drug-likeness (QED) is 0.473. The predicted octanol–water partition coefficient (Wildman–Crippen LogP) is 5.16. The molecule has 4 N–H and O–H groups in total. The third kappa shape index (κ3) is 3.38. The summed E-state index contributed by atoms with van der Waals surface area (Å²) in [6.07, 6.45) is 0. The molecule has 0 aliphatic heterocycles. The van der Waals surface area contributed by atoms with E-state index in [2.05, 4.69) is 52.0 Å². The fraction of sp³-hybridized carbons (Fsp3) is 0.250. The molecule has 146 valence electrons. The molecule has 0 spiro atoms. The van der Waals surface area contributed by atoms with Crippen molar-refractivity contribution in [3.05, 3.63) is 82.9 Å². The Hall–Kier alpha value is -3.14. The summed E-state index contributed by atoms with van der Waals surface area (Å²) >= 11 is 0. The lowest BCUT2D eigenvalue weighted by Crippen LogP contribution is -2.21. The van der Waals surface area contributed by atoms with Gasteiger partial charge in [0.2, 0.25) is 0 Å². The second kappa shape index (κ2) is 6.79. The maximum Gasteiger partial charge on any atom is 0.157 e. The molecule has 0 aromatic heterocycles. The van der Waals surface area contributed by atoms with Gasteiger partial charge in [0, 0.05) is 10.8 Å². The normalized spacial score (nSPS) is 12.1. The van der Waals surface area contributed by atoms with Crippen molar-refractivity contribution in [3.8, 4) is 23.0 Å². The van der Waals surface area contributed by atoms with Gasteiger partial charge in [0.25, 0.3) is 0 Å². The molecule has 0 fully saturated rings. The van der Waals surface area contributed by atoms with Crippen LogP contribution in [0.1, 0.15) is 49.9 Å². The zero-order valence-electron chi connectivity index (χ0n) is 16.6. The fourth-order valence-electron chi connectivity index (χ4n) is 3.46. The molecule has 28 heavy (non-hydrogen) atoms. The zero-order chi connectivity index (χ0) is 20.7. The van der Waals surface area contributed by atoms with Gasteiger partial charge in [-0.3, -0.25) is 0 Å². The molecule has 0 radical (unpaired) electrons. The van der Waals surface area contributed by atoms with E-state index in [0.717, 1.165) is 22.3 Å². The lowest BCUT2D eigenvalue weighted by molar-refractivity contribution is 0.402. The molecule has 0 heterocycles. The Balaban J connectivity index is 1.95. The van der Waals surface area contributed by atoms with Gasteiger partial charge in [-0.2, -0.15) is 0 Å². The van der Waals surface area contributed by atoms with E-state index in [1.807, 2.05) is 12.1 Å². The van der Waals surface area contributed by atoms with Crippen molar-refractivity contribution in [1.29, 1.82) is 0 Å². The summed E-state index contributed by atoms with van der Waals surface area (Å²) < 4.78 is 0. The number of aromatic hydroxyl groups is 4. The molecule has 0 bridgehead atoms. The minimum atomic E-state index is -0.356. The molecular formula is C24H26O4. The topological polar surface area (TPSA) is 80.9 Å². The zero-order valence-corrected chi connectivity index (χ0v) is 16.6. The second-order valence-corrected chi connectivity index (χ2v) is 8.23. The van der Waals surface area contributed by atoms with Crippen molar-refractivity contribution in [2.24, 2.45) is 0 Å². The van der Waals surface area contributed by atoms with E-state index in [9.17, 15) is 20.4 Å². The van der Waals surface area contributed by atoms with Gasteiger partial charge in [0.15, 0.2) is 23.0 Å². The van der Waals surface area contributed by atoms with Gasteiger partial charge in [-0.15, -0.1) is 0 Å². The molecule has 0 aliphatic carbocycles. The molecule has 3 aromatic rings. The minimum absolute atomic E-state index is 0.129. The van der Waals surface area contributed by atoms with Crippen LogP contribution in [0.2, 0.25) is 0 Å². The molecule has 0 unspecified atom stereocenters. The summed E-state index contributed by atoms with van der Waals surface area (Å²) in [7, 11) is 0. The van der Waals surface area contributed by atoms with Crippen LogP contribution in [0.15, 0.2) is 60.7 Å². The molecule has 0 aliphatic rings. The Morgan fingerprint density at radius 1 is 0.429 bits per heavy atom. The smallest absolute Gasteiger partial charge is 0.157 e. The minimum Gasteiger partial charge on any atom is -0.504 e. The summed E-state index contributed by atoms with van der Waals surface area (Å²) in [5.74, 6) is -0.520. The van der Waals surface area contributed by atoms with Gasteiger partial charge in [0.1, 0.15) is 0 Å². The van der Waals surface area contributed by atoms with Crippen molar-refractivity contribution in [3.63, 3.8) is 0 Å². The highest BCUT2D eigenvalue weighted by molar-refractivity contribution is 5.49. The van der Waals surface area contributed by atoms with Gasteiger partial charge < -0.3 is 20.4 Å². The standard InChI is InChI=1S/C24H26O4/c1-23(2,17-9-11-19(25)21(27)13-17)15-5-7-16(8-6-15)24(3,4)18-10-12-20(26)22(28)14-18/h5-14,25-28H,1-4H3. The second-order valence-electron chi connectivity index (χ2n) is 8.23. The first-order chi connectivity index (χ1) is 13.0. The van der Waals surface area contributed by atoms with Crippen LogP contribution in [-0.4, -0.2) is 20.4 Å². The van der Waals surface area contributed by atoms with E-state index in [1.54, 1.807) is 12.1 Å². The summed E-state index contributed by atoms with van der Waals surface area (Å²) in [6.45, 7) is 8.27. The van der Waals surface area contributed by atoms with E-state index in [1.165, 1.54) is 12.1 Å². The van der Waals surface area contributed by atoms with Crippen LogP contribution in [0.5, 0.6) is 23.0 Å². The number of phenols is 4. The van der Waals surface area contributed by atoms with Gasteiger partial charge in [-0.05, 0) is 46.5 Å². The largest absolute Gasteiger partial charge is 0.504 e. The first kappa shape index (κ1) is 19.6. The summed E-state index contributed by atoms with van der Waals surface area (Å²) in [6, 6.07) is 18.0. The molecule has 0 saturated heterocycles. The van der Waals surface area contributed by atoms with Crippen LogP contribution in [0, 0.1) is 0 Å². The number of hydrogen-bond acceptors (Lipinski definition) is 4. The van der Waals surface area contributed by atoms with Gasteiger partial charge >= 0.3 is 0 Å². The Kier molecular flexibility index (Phi) is 4.76. The predicted molar refractivity (Wildman–Crippen MR) is 110 cm³/mol. The Bertz CT molecular complexity index is 919. The van der Waals surface area contributed by atoms with Gasteiger partial charge in [0.05, 0.1) is 0 Å². The summed E-state index contributed by atoms with van der Waals surface area (Å²) in [5.41, 5.74) is 3.24. The molecule has 3 rings (SSSR count). The molecule has 4 nitrogen and oxygen atoms in total. The summed E-state index contributed by atoms with van der Waals surface area (Å²) in [5, 5.41) is 38.8. The number of benzene rings is 3. The average molecular weight is 378 g/mol. The summed E-state index contributed by atoms with van der Waals surface area (Å²) in [4.78, 5) is 0. The fourth-order valence-corrected chi connectivity index (χ4v) is 3.46. The van der Waals surface area contributed by atoms with Crippen LogP contribution >= 0.6 is 0 Å². The maximum absolute atomic E-state index is 9.84. The number of hydrogen-bond donors (Lipinski definition) is 4. The highest BCUT2D eigenvalue weighted by Gasteiger charge is 2.27. The lowest BCUT2D eigenvalue weighted by Gasteiger charge is -2.29. The van der Waals surface area contributed by atoms with Crippen molar-refractivity contribution in [2.75, 3.05) is 0 Å². The highest BCUT2D eigenvalue weighted by atomic mass is 16.3. The van der Waals surface area contributed by atoms with Crippen LogP contribution in [0.4, 0.5) is 0 Å². The SMILES string of the molecule is CC(C)(c1ccc(C(C)(C)c2ccc(O)c(O)c2)cc1)c1ccc(O)c(O)c1. The van der Waals surface area contributed by atoms with Crippen LogP contribution in [0.25, 0.3) is 0 Å². The van der Waals surface area contributed by atoms with Gasteiger partial charge in [-0.1, -0.05) is 64.1 Å². The van der Waals surface area contributed by atoms with E-state index < -0.39 is 0 Å². The van der Waals surface area contributed by atoms with E-state index in [-0.39, 0.29) is 33.8 Å². The molecular weight excluding hydrogens is 352 g/mol. The van der Waals surface area contributed by atoms with Crippen LogP contribution in [0.3, 0.4) is 0 Å².